The average Bonchev–Trinajstić information content (AvgIpc) is 2.41. The molecule has 0 bridgehead atoms. The highest BCUT2D eigenvalue weighted by molar-refractivity contribution is 14.1. The van der Waals surface area contributed by atoms with Crippen molar-refractivity contribution in [3.63, 3.8) is 0 Å². The van der Waals surface area contributed by atoms with Gasteiger partial charge in [-0.1, -0.05) is 6.92 Å². The highest BCUT2D eigenvalue weighted by Gasteiger charge is 2.30. The second kappa shape index (κ2) is 7.35. The molecule has 1 heterocycles. The Morgan fingerprint density at radius 3 is 2.47 bits per heavy atom. The van der Waals surface area contributed by atoms with Gasteiger partial charge in [-0.15, -0.1) is 0 Å². The van der Waals surface area contributed by atoms with Gasteiger partial charge in [-0.25, -0.2) is 9.97 Å². The minimum Gasteiger partial charge on any atom is -0.378 e. The lowest BCUT2D eigenvalue weighted by atomic mass is 10.0. The van der Waals surface area contributed by atoms with Crippen molar-refractivity contribution < 1.29 is 9.47 Å². The molecule has 1 aromatic heterocycles. The van der Waals surface area contributed by atoms with Gasteiger partial charge in [0.15, 0.2) is 5.82 Å². The maximum atomic E-state index is 5.84. The molecule has 0 spiro atoms. The lowest BCUT2D eigenvalue weighted by Gasteiger charge is -2.27. The van der Waals surface area contributed by atoms with E-state index in [4.69, 9.17) is 9.47 Å². The largest absolute Gasteiger partial charge is 0.378 e. The van der Waals surface area contributed by atoms with E-state index in [-0.39, 0.29) is 0 Å². The first kappa shape index (κ1) is 16.6. The van der Waals surface area contributed by atoms with E-state index in [0.717, 1.165) is 21.5 Å². The number of nitrogens with one attached hydrogen (secondary N) is 1. The molecule has 0 amide bonds. The van der Waals surface area contributed by atoms with E-state index in [2.05, 4.69) is 44.8 Å². The molecule has 1 aromatic rings. The van der Waals surface area contributed by atoms with Crippen LogP contribution in [-0.2, 0) is 21.7 Å². The Morgan fingerprint density at radius 1 is 1.32 bits per heavy atom. The van der Waals surface area contributed by atoms with E-state index in [1.807, 2.05) is 20.9 Å². The number of halogens is 1. The second-order valence-corrected chi connectivity index (χ2v) is 5.44. The molecule has 1 N–H and O–H groups in total. The topological polar surface area (TPSA) is 56.3 Å². The monoisotopic (exact) mass is 379 g/mol. The minimum absolute atomic E-state index is 0.465. The molecule has 6 heteroatoms. The molecule has 0 saturated heterocycles. The van der Waals surface area contributed by atoms with Crippen LogP contribution in [-0.4, -0.2) is 30.7 Å². The molecule has 0 radical (unpaired) electrons. The number of hydrogen-bond acceptors (Lipinski definition) is 5. The maximum absolute atomic E-state index is 5.84. The first-order valence-corrected chi connectivity index (χ1v) is 7.47. The summed E-state index contributed by atoms with van der Waals surface area (Å²) in [6.07, 6.45) is 0.816. The Kier molecular flexibility index (Phi) is 6.41. The van der Waals surface area contributed by atoms with Crippen LogP contribution in [0.4, 0.5) is 5.82 Å². The van der Waals surface area contributed by atoms with E-state index in [1.54, 1.807) is 7.11 Å². The molecule has 0 saturated carbocycles. The Morgan fingerprint density at radius 2 is 2.00 bits per heavy atom. The Hall–Kier alpha value is -0.470. The first-order chi connectivity index (χ1) is 9.02. The highest BCUT2D eigenvalue weighted by Crippen LogP contribution is 2.29. The quantitative estimate of drug-likeness (QED) is 0.739. The standard InChI is InChI=1S/C13H22IN3O2/c1-6-13(3,19-7-2)12-16-9(8-18-5)10(14)11(15-4)17-12/h6-8H2,1-5H3,(H,15,16,17). The van der Waals surface area contributed by atoms with Gasteiger partial charge in [-0.05, 0) is 42.9 Å². The van der Waals surface area contributed by atoms with E-state index >= 15 is 0 Å². The molecule has 1 rings (SSSR count). The van der Waals surface area contributed by atoms with Crippen molar-refractivity contribution in [2.45, 2.75) is 39.4 Å². The highest BCUT2D eigenvalue weighted by atomic mass is 127. The van der Waals surface area contributed by atoms with Gasteiger partial charge in [-0.3, -0.25) is 0 Å². The van der Waals surface area contributed by atoms with Gasteiger partial charge in [-0.2, -0.15) is 0 Å². The number of ether oxygens (including phenoxy) is 2. The van der Waals surface area contributed by atoms with Crippen LogP contribution in [0.25, 0.3) is 0 Å². The van der Waals surface area contributed by atoms with Gasteiger partial charge in [0, 0.05) is 20.8 Å². The molecule has 0 aliphatic rings. The van der Waals surface area contributed by atoms with Crippen molar-refractivity contribution in [3.8, 4) is 0 Å². The zero-order chi connectivity index (χ0) is 14.5. The fourth-order valence-electron chi connectivity index (χ4n) is 1.77. The smallest absolute Gasteiger partial charge is 0.162 e. The number of hydrogen-bond donors (Lipinski definition) is 1. The van der Waals surface area contributed by atoms with E-state index < -0.39 is 5.60 Å². The lowest BCUT2D eigenvalue weighted by molar-refractivity contribution is -0.0393. The molecule has 0 aromatic carbocycles. The fourth-order valence-corrected chi connectivity index (χ4v) is 2.44. The number of methoxy groups -OCH3 is 1. The third kappa shape index (κ3) is 3.76. The number of nitrogens with zero attached hydrogens (tertiary/aromatic N) is 2. The van der Waals surface area contributed by atoms with Crippen molar-refractivity contribution in [3.05, 3.63) is 15.1 Å². The van der Waals surface area contributed by atoms with Crippen molar-refractivity contribution in [1.29, 1.82) is 0 Å². The fraction of sp³-hybridized carbons (Fsp3) is 0.692. The van der Waals surface area contributed by atoms with Crippen molar-refractivity contribution >= 4 is 28.4 Å². The summed E-state index contributed by atoms with van der Waals surface area (Å²) in [5.74, 6) is 1.52. The zero-order valence-corrected chi connectivity index (χ0v) is 14.4. The van der Waals surface area contributed by atoms with Crippen LogP contribution in [0.3, 0.4) is 0 Å². The molecule has 108 valence electrons. The molecule has 19 heavy (non-hydrogen) atoms. The van der Waals surface area contributed by atoms with Crippen LogP contribution in [0.5, 0.6) is 0 Å². The van der Waals surface area contributed by atoms with E-state index in [0.29, 0.717) is 19.0 Å². The lowest BCUT2D eigenvalue weighted by Crippen LogP contribution is -2.29. The molecular formula is C13H22IN3O2. The normalized spacial score (nSPS) is 14.2. The molecule has 5 nitrogen and oxygen atoms in total. The summed E-state index contributed by atoms with van der Waals surface area (Å²) in [5.41, 5.74) is 0.421. The van der Waals surface area contributed by atoms with Crippen molar-refractivity contribution in [2.24, 2.45) is 0 Å². The Bertz CT molecular complexity index is 429. The van der Waals surface area contributed by atoms with Gasteiger partial charge in [0.05, 0.1) is 15.9 Å². The predicted molar refractivity (Wildman–Crippen MR) is 84.3 cm³/mol. The van der Waals surface area contributed by atoms with Gasteiger partial charge < -0.3 is 14.8 Å². The zero-order valence-electron chi connectivity index (χ0n) is 12.2. The predicted octanol–water partition coefficient (Wildman–Crippen LogP) is 2.93. The van der Waals surface area contributed by atoms with Crippen molar-refractivity contribution in [2.75, 3.05) is 26.1 Å². The summed E-state index contributed by atoms with van der Waals surface area (Å²) in [7, 11) is 3.52. The Balaban J connectivity index is 3.30. The molecule has 1 unspecified atom stereocenters. The summed E-state index contributed by atoms with van der Waals surface area (Å²) in [5, 5.41) is 3.10. The third-order valence-corrected chi connectivity index (χ3v) is 4.18. The van der Waals surface area contributed by atoms with Gasteiger partial charge in [0.1, 0.15) is 11.4 Å². The van der Waals surface area contributed by atoms with Crippen LogP contribution in [0.2, 0.25) is 0 Å². The van der Waals surface area contributed by atoms with E-state index in [1.165, 1.54) is 0 Å². The van der Waals surface area contributed by atoms with Crippen LogP contribution in [0, 0.1) is 3.57 Å². The van der Waals surface area contributed by atoms with Crippen LogP contribution in [0.1, 0.15) is 38.7 Å². The minimum atomic E-state index is -0.465. The second-order valence-electron chi connectivity index (χ2n) is 4.36. The van der Waals surface area contributed by atoms with E-state index in [9.17, 15) is 0 Å². The van der Waals surface area contributed by atoms with Crippen LogP contribution >= 0.6 is 22.6 Å². The van der Waals surface area contributed by atoms with Crippen LogP contribution in [0.15, 0.2) is 0 Å². The molecule has 0 aliphatic carbocycles. The molecule has 0 aliphatic heterocycles. The van der Waals surface area contributed by atoms with Gasteiger partial charge in [0.2, 0.25) is 0 Å². The molecule has 1 atom stereocenters. The molecule has 0 fully saturated rings. The number of rotatable bonds is 7. The van der Waals surface area contributed by atoms with Crippen molar-refractivity contribution in [1.82, 2.24) is 9.97 Å². The summed E-state index contributed by atoms with van der Waals surface area (Å²) in [6, 6.07) is 0. The number of aromatic nitrogens is 2. The summed E-state index contributed by atoms with van der Waals surface area (Å²) >= 11 is 2.23. The third-order valence-electron chi connectivity index (χ3n) is 3.05. The first-order valence-electron chi connectivity index (χ1n) is 6.39. The van der Waals surface area contributed by atoms with Gasteiger partial charge in [0.25, 0.3) is 0 Å². The summed E-state index contributed by atoms with van der Waals surface area (Å²) in [4.78, 5) is 9.21. The molecular weight excluding hydrogens is 357 g/mol. The number of anilines is 1. The SMILES string of the molecule is CCOC(C)(CC)c1nc(COC)c(I)c(NC)n1. The summed E-state index contributed by atoms with van der Waals surface area (Å²) < 4.78 is 12.0. The average molecular weight is 379 g/mol. The Labute approximate surface area is 128 Å². The van der Waals surface area contributed by atoms with Gasteiger partial charge >= 0.3 is 0 Å². The maximum Gasteiger partial charge on any atom is 0.162 e. The van der Waals surface area contributed by atoms with Crippen LogP contribution < -0.4 is 5.32 Å². The summed E-state index contributed by atoms with van der Waals surface area (Å²) in [6.45, 7) is 7.18.